The first kappa shape index (κ1) is 20.6. The highest BCUT2D eigenvalue weighted by molar-refractivity contribution is 6.06. The second-order valence-corrected chi connectivity index (χ2v) is 8.92. The number of benzene rings is 5. The smallest absolute Gasteiger partial charge is 0.135 e. The van der Waals surface area contributed by atoms with E-state index in [4.69, 9.17) is 4.42 Å². The Morgan fingerprint density at radius 2 is 1.35 bits per heavy atom. The first-order valence-corrected chi connectivity index (χ1v) is 12.1. The fourth-order valence-corrected chi connectivity index (χ4v) is 4.83. The Morgan fingerprint density at radius 1 is 0.588 bits per heavy atom. The van der Waals surface area contributed by atoms with E-state index in [9.17, 15) is 0 Å². The Kier molecular flexibility index (Phi) is 5.27. The van der Waals surface area contributed by atoms with Crippen LogP contribution in [0.2, 0.25) is 0 Å². The summed E-state index contributed by atoms with van der Waals surface area (Å²) in [5, 5.41) is 4.80. The van der Waals surface area contributed by atoms with Crippen molar-refractivity contribution in [3.63, 3.8) is 0 Å². The van der Waals surface area contributed by atoms with Crippen LogP contribution in [0.3, 0.4) is 0 Å². The summed E-state index contributed by atoms with van der Waals surface area (Å²) in [6, 6.07) is 38.9. The average molecular weight is 442 g/mol. The van der Waals surface area contributed by atoms with Crippen molar-refractivity contribution < 1.29 is 4.42 Å². The van der Waals surface area contributed by atoms with E-state index in [1.807, 2.05) is 0 Å². The second kappa shape index (κ2) is 8.72. The van der Waals surface area contributed by atoms with Crippen molar-refractivity contribution in [1.29, 1.82) is 0 Å². The van der Waals surface area contributed by atoms with E-state index in [-0.39, 0.29) is 0 Å². The first-order chi connectivity index (χ1) is 16.8. The molecule has 1 aromatic heterocycles. The predicted octanol–water partition coefficient (Wildman–Crippen LogP) is 9.55. The number of fused-ring (bicyclic) bond motifs is 4. The molecule has 0 spiro atoms. The zero-order chi connectivity index (χ0) is 22.9. The summed E-state index contributed by atoms with van der Waals surface area (Å²) in [5.41, 5.74) is 6.63. The van der Waals surface area contributed by atoms with Crippen molar-refractivity contribution in [2.45, 2.75) is 26.2 Å². The number of hydrogen-bond donors (Lipinski definition) is 0. The molecule has 1 heterocycles. The third-order valence-corrected chi connectivity index (χ3v) is 6.60. The predicted molar refractivity (Wildman–Crippen MR) is 145 cm³/mol. The van der Waals surface area contributed by atoms with Crippen molar-refractivity contribution in [2.75, 3.05) is 4.90 Å². The van der Waals surface area contributed by atoms with Crippen molar-refractivity contribution in [1.82, 2.24) is 0 Å². The van der Waals surface area contributed by atoms with Crippen molar-refractivity contribution >= 4 is 49.8 Å². The molecule has 0 aliphatic rings. The topological polar surface area (TPSA) is 16.4 Å². The molecule has 0 N–H and O–H groups in total. The van der Waals surface area contributed by atoms with Crippen molar-refractivity contribution in [3.8, 4) is 0 Å². The van der Waals surface area contributed by atoms with Gasteiger partial charge in [-0.2, -0.15) is 0 Å². The molecule has 6 aromatic rings. The van der Waals surface area contributed by atoms with Gasteiger partial charge in [0.05, 0.1) is 0 Å². The molecule has 0 aliphatic carbocycles. The van der Waals surface area contributed by atoms with Crippen LogP contribution in [0.25, 0.3) is 32.7 Å². The number of anilines is 3. The largest absolute Gasteiger partial charge is 0.456 e. The Balaban J connectivity index is 1.50. The van der Waals surface area contributed by atoms with Crippen LogP contribution >= 0.6 is 0 Å². The van der Waals surface area contributed by atoms with E-state index < -0.39 is 0 Å². The van der Waals surface area contributed by atoms with Crippen molar-refractivity contribution in [3.05, 3.63) is 115 Å². The Bertz CT molecular complexity index is 1600. The Hall–Kier alpha value is -4.04. The molecule has 0 bridgehead atoms. The van der Waals surface area contributed by atoms with Crippen LogP contribution in [0.5, 0.6) is 0 Å². The molecule has 0 radical (unpaired) electrons. The van der Waals surface area contributed by atoms with Crippen LogP contribution in [0, 0.1) is 0 Å². The van der Waals surface area contributed by atoms with Gasteiger partial charge in [-0.25, -0.2) is 0 Å². The summed E-state index contributed by atoms with van der Waals surface area (Å²) in [6.45, 7) is 2.23. The molecule has 166 valence electrons. The minimum atomic E-state index is 0.929. The molecule has 0 amide bonds. The van der Waals surface area contributed by atoms with Gasteiger partial charge in [-0.15, -0.1) is 0 Å². The highest BCUT2D eigenvalue weighted by Gasteiger charge is 2.16. The minimum Gasteiger partial charge on any atom is -0.456 e. The molecule has 2 nitrogen and oxygen atoms in total. The van der Waals surface area contributed by atoms with Gasteiger partial charge in [0.1, 0.15) is 11.2 Å². The van der Waals surface area contributed by atoms with E-state index in [1.54, 1.807) is 0 Å². The summed E-state index contributed by atoms with van der Waals surface area (Å²) in [7, 11) is 0. The molecular formula is C32H27NO. The minimum absolute atomic E-state index is 0.929. The monoisotopic (exact) mass is 441 g/mol. The number of rotatable bonds is 6. The average Bonchev–Trinajstić information content (AvgIpc) is 3.25. The summed E-state index contributed by atoms with van der Waals surface area (Å²) < 4.78 is 6.26. The van der Waals surface area contributed by atoms with Crippen LogP contribution in [0.15, 0.2) is 114 Å². The van der Waals surface area contributed by atoms with E-state index >= 15 is 0 Å². The van der Waals surface area contributed by atoms with Gasteiger partial charge in [-0.1, -0.05) is 74.0 Å². The number of para-hydroxylation sites is 1. The van der Waals surface area contributed by atoms with E-state index in [2.05, 4.69) is 121 Å². The van der Waals surface area contributed by atoms with Gasteiger partial charge in [0, 0.05) is 27.8 Å². The number of furan rings is 1. The lowest BCUT2D eigenvalue weighted by Crippen LogP contribution is -2.09. The Morgan fingerprint density at radius 3 is 2.21 bits per heavy atom. The van der Waals surface area contributed by atoms with Gasteiger partial charge >= 0.3 is 0 Å². The molecule has 34 heavy (non-hydrogen) atoms. The summed E-state index contributed by atoms with van der Waals surface area (Å²) in [6.07, 6.45) is 3.50. The molecule has 0 atom stereocenters. The molecule has 6 rings (SSSR count). The molecule has 0 saturated carbocycles. The van der Waals surface area contributed by atoms with Crippen LogP contribution in [-0.2, 0) is 6.42 Å². The summed E-state index contributed by atoms with van der Waals surface area (Å²) in [4.78, 5) is 2.32. The van der Waals surface area contributed by atoms with Gasteiger partial charge in [0.25, 0.3) is 0 Å². The molecular weight excluding hydrogens is 414 g/mol. The van der Waals surface area contributed by atoms with Crippen LogP contribution in [0.1, 0.15) is 25.3 Å². The van der Waals surface area contributed by atoms with Gasteiger partial charge < -0.3 is 9.32 Å². The maximum absolute atomic E-state index is 6.26. The lowest BCUT2D eigenvalue weighted by molar-refractivity contribution is 0.667. The fraction of sp³-hybridized carbons (Fsp3) is 0.125. The van der Waals surface area contributed by atoms with E-state index in [0.29, 0.717) is 0 Å². The summed E-state index contributed by atoms with van der Waals surface area (Å²) >= 11 is 0. The third kappa shape index (κ3) is 3.72. The van der Waals surface area contributed by atoms with Gasteiger partial charge in [0.2, 0.25) is 0 Å². The van der Waals surface area contributed by atoms with Crippen LogP contribution in [-0.4, -0.2) is 0 Å². The maximum atomic E-state index is 6.26. The maximum Gasteiger partial charge on any atom is 0.135 e. The van der Waals surface area contributed by atoms with Gasteiger partial charge in [0.15, 0.2) is 0 Å². The van der Waals surface area contributed by atoms with E-state index in [0.717, 1.165) is 40.0 Å². The number of nitrogens with zero attached hydrogens (tertiary/aromatic N) is 1. The molecule has 0 fully saturated rings. The second-order valence-electron chi connectivity index (χ2n) is 8.92. The number of unbranched alkanes of at least 4 members (excludes halogenated alkanes) is 1. The highest BCUT2D eigenvalue weighted by atomic mass is 16.3. The zero-order valence-electron chi connectivity index (χ0n) is 19.4. The highest BCUT2D eigenvalue weighted by Crippen LogP contribution is 2.39. The third-order valence-electron chi connectivity index (χ3n) is 6.60. The van der Waals surface area contributed by atoms with E-state index in [1.165, 1.54) is 34.6 Å². The molecule has 0 unspecified atom stereocenters. The molecule has 0 aliphatic heterocycles. The lowest BCUT2D eigenvalue weighted by Gasteiger charge is -2.25. The SMILES string of the molecule is CCCCc1ccc2c(c1)oc1ccc(N(c3ccccc3)c3ccc4ccccc4c3)cc12. The first-order valence-electron chi connectivity index (χ1n) is 12.1. The van der Waals surface area contributed by atoms with Gasteiger partial charge in [-0.05, 0) is 77.7 Å². The Labute approximate surface area is 200 Å². The molecule has 5 aromatic carbocycles. The zero-order valence-corrected chi connectivity index (χ0v) is 19.4. The fourth-order valence-electron chi connectivity index (χ4n) is 4.83. The normalized spacial score (nSPS) is 11.4. The standard InChI is InChI=1S/C32H27NO/c1-2-3-9-23-14-18-29-30-22-28(17-19-31(30)34-32(29)20-23)33(26-12-5-4-6-13-26)27-16-15-24-10-7-8-11-25(24)21-27/h4-8,10-22H,2-3,9H2,1H3. The quantitative estimate of drug-likeness (QED) is 0.256. The van der Waals surface area contributed by atoms with Gasteiger partial charge in [-0.3, -0.25) is 0 Å². The molecule has 0 saturated heterocycles. The number of aryl methyl sites for hydroxylation is 1. The van der Waals surface area contributed by atoms with Crippen molar-refractivity contribution in [2.24, 2.45) is 0 Å². The number of hydrogen-bond acceptors (Lipinski definition) is 2. The van der Waals surface area contributed by atoms with Crippen LogP contribution < -0.4 is 4.90 Å². The lowest BCUT2D eigenvalue weighted by atomic mass is 10.0. The molecule has 2 heteroatoms. The summed E-state index contributed by atoms with van der Waals surface area (Å²) in [5.74, 6) is 0. The van der Waals surface area contributed by atoms with Crippen LogP contribution in [0.4, 0.5) is 17.1 Å².